The molecule has 0 aromatic heterocycles. The van der Waals surface area contributed by atoms with Crippen LogP contribution in [0.1, 0.15) is 47.8 Å². The van der Waals surface area contributed by atoms with Crippen LogP contribution in [0.4, 0.5) is 10.5 Å². The average molecular weight is 353 g/mol. The van der Waals surface area contributed by atoms with E-state index in [1.807, 2.05) is 51.1 Å². The Morgan fingerprint density at radius 2 is 1.69 bits per heavy atom. The van der Waals surface area contributed by atoms with Crippen molar-refractivity contribution in [1.82, 2.24) is 0 Å². The van der Waals surface area contributed by atoms with Gasteiger partial charge in [-0.1, -0.05) is 45.1 Å². The molecule has 0 saturated carbocycles. The highest BCUT2D eigenvalue weighted by molar-refractivity contribution is 5.85. The molecule has 2 rings (SSSR count). The van der Waals surface area contributed by atoms with Crippen molar-refractivity contribution in [2.75, 3.05) is 12.4 Å². The molecule has 0 heterocycles. The van der Waals surface area contributed by atoms with Gasteiger partial charge in [-0.05, 0) is 46.4 Å². The lowest BCUT2D eigenvalue weighted by Crippen LogP contribution is -2.17. The normalized spacial score (nSPS) is 11.4. The first kappa shape index (κ1) is 19.2. The van der Waals surface area contributed by atoms with Crippen LogP contribution in [0.25, 0.3) is 12.2 Å². The maximum Gasteiger partial charge on any atom is 0.409 e. The standard InChI is InChI=1S/C21H23NO4/c1-21(2,3)17-11-14(8-10-18(17)22-20(24)25)5-6-15-7-9-16(13-23)19(12-15)26-4/h5-13,22H,1-4H3,(H,24,25). The number of aldehydes is 1. The SMILES string of the molecule is COc1cc(C=Cc2ccc(NC(=O)O)c(C(C)(C)C)c2)ccc1C=O. The first-order valence-electron chi connectivity index (χ1n) is 8.20. The Bertz CT molecular complexity index is 848. The van der Waals surface area contributed by atoms with Crippen LogP contribution in [0.2, 0.25) is 0 Å². The van der Waals surface area contributed by atoms with Gasteiger partial charge in [0, 0.05) is 5.69 Å². The summed E-state index contributed by atoms with van der Waals surface area (Å²) >= 11 is 0. The Kier molecular flexibility index (Phi) is 5.82. The zero-order chi connectivity index (χ0) is 19.3. The fourth-order valence-corrected chi connectivity index (χ4v) is 2.63. The Morgan fingerprint density at radius 1 is 1.08 bits per heavy atom. The zero-order valence-corrected chi connectivity index (χ0v) is 15.4. The van der Waals surface area contributed by atoms with Crippen molar-refractivity contribution in [3.8, 4) is 5.75 Å². The van der Waals surface area contributed by atoms with E-state index in [0.717, 1.165) is 23.0 Å². The third kappa shape index (κ3) is 4.72. The first-order chi connectivity index (χ1) is 12.2. The lowest BCUT2D eigenvalue weighted by molar-refractivity contribution is 0.112. The van der Waals surface area contributed by atoms with E-state index >= 15 is 0 Å². The van der Waals surface area contributed by atoms with Crippen LogP contribution in [-0.2, 0) is 5.41 Å². The summed E-state index contributed by atoms with van der Waals surface area (Å²) in [6, 6.07) is 10.9. The molecule has 5 heteroatoms. The highest BCUT2D eigenvalue weighted by Gasteiger charge is 2.19. The minimum absolute atomic E-state index is 0.212. The van der Waals surface area contributed by atoms with Crippen LogP contribution in [0.5, 0.6) is 5.75 Å². The van der Waals surface area contributed by atoms with Gasteiger partial charge < -0.3 is 9.84 Å². The number of carbonyl (C=O) groups is 2. The number of methoxy groups -OCH3 is 1. The molecule has 0 aliphatic heterocycles. The van der Waals surface area contributed by atoms with Crippen LogP contribution in [-0.4, -0.2) is 24.6 Å². The Labute approximate surface area is 153 Å². The number of amides is 1. The first-order valence-corrected chi connectivity index (χ1v) is 8.20. The molecule has 0 fully saturated rings. The summed E-state index contributed by atoms with van der Waals surface area (Å²) in [6.45, 7) is 6.10. The lowest BCUT2D eigenvalue weighted by atomic mass is 9.84. The van der Waals surface area contributed by atoms with Gasteiger partial charge in [0.05, 0.1) is 12.7 Å². The molecule has 2 N–H and O–H groups in total. The molecule has 26 heavy (non-hydrogen) atoms. The molecular formula is C21H23NO4. The van der Waals surface area contributed by atoms with Gasteiger partial charge in [-0.2, -0.15) is 0 Å². The van der Waals surface area contributed by atoms with Gasteiger partial charge in [-0.3, -0.25) is 10.1 Å². The van der Waals surface area contributed by atoms with E-state index in [9.17, 15) is 9.59 Å². The number of hydrogen-bond acceptors (Lipinski definition) is 3. The van der Waals surface area contributed by atoms with Crippen LogP contribution in [0.3, 0.4) is 0 Å². The smallest absolute Gasteiger partial charge is 0.409 e. The number of carboxylic acid groups (broad SMARTS) is 1. The lowest BCUT2D eigenvalue weighted by Gasteiger charge is -2.23. The topological polar surface area (TPSA) is 75.6 Å². The van der Waals surface area contributed by atoms with E-state index in [1.165, 1.54) is 7.11 Å². The van der Waals surface area contributed by atoms with E-state index in [4.69, 9.17) is 9.84 Å². The van der Waals surface area contributed by atoms with Crippen molar-refractivity contribution < 1.29 is 19.4 Å². The Balaban J connectivity index is 2.36. The minimum atomic E-state index is -1.08. The maximum atomic E-state index is 11.0. The summed E-state index contributed by atoms with van der Waals surface area (Å²) in [4.78, 5) is 22.0. The quantitative estimate of drug-likeness (QED) is 0.581. The second kappa shape index (κ2) is 7.87. The average Bonchev–Trinajstić information content (AvgIpc) is 2.59. The minimum Gasteiger partial charge on any atom is -0.496 e. The number of anilines is 1. The van der Waals surface area contributed by atoms with Crippen LogP contribution < -0.4 is 10.1 Å². The van der Waals surface area contributed by atoms with Gasteiger partial charge >= 0.3 is 6.09 Å². The second-order valence-corrected chi connectivity index (χ2v) is 6.94. The molecule has 1 amide bonds. The highest BCUT2D eigenvalue weighted by atomic mass is 16.5. The van der Waals surface area contributed by atoms with Gasteiger partial charge in [-0.25, -0.2) is 4.79 Å². The number of ether oxygens (including phenoxy) is 1. The summed E-state index contributed by atoms with van der Waals surface area (Å²) in [5.74, 6) is 0.526. The summed E-state index contributed by atoms with van der Waals surface area (Å²) < 4.78 is 5.22. The van der Waals surface area contributed by atoms with Crippen molar-refractivity contribution in [1.29, 1.82) is 0 Å². The Morgan fingerprint density at radius 3 is 2.23 bits per heavy atom. The molecule has 2 aromatic rings. The maximum absolute atomic E-state index is 11.0. The summed E-state index contributed by atoms with van der Waals surface area (Å²) in [5.41, 5.74) is 3.64. The van der Waals surface area contributed by atoms with Crippen molar-refractivity contribution >= 4 is 30.2 Å². The van der Waals surface area contributed by atoms with Gasteiger partial charge in [0.1, 0.15) is 5.75 Å². The molecule has 0 atom stereocenters. The summed E-state index contributed by atoms with van der Waals surface area (Å²) in [6.07, 6.45) is 3.54. The molecule has 0 unspecified atom stereocenters. The van der Waals surface area contributed by atoms with Gasteiger partial charge in [0.15, 0.2) is 6.29 Å². The molecule has 0 aliphatic carbocycles. The van der Waals surface area contributed by atoms with Crippen molar-refractivity contribution in [3.63, 3.8) is 0 Å². The number of nitrogens with one attached hydrogen (secondary N) is 1. The Hall–Kier alpha value is -3.08. The number of hydrogen-bond donors (Lipinski definition) is 2. The van der Waals surface area contributed by atoms with E-state index in [0.29, 0.717) is 17.0 Å². The molecule has 0 spiro atoms. The van der Waals surface area contributed by atoms with Gasteiger partial charge in [-0.15, -0.1) is 0 Å². The van der Waals surface area contributed by atoms with E-state index in [2.05, 4.69) is 5.32 Å². The van der Waals surface area contributed by atoms with E-state index in [-0.39, 0.29) is 5.41 Å². The fraction of sp³-hybridized carbons (Fsp3) is 0.238. The van der Waals surface area contributed by atoms with Crippen molar-refractivity contribution in [3.05, 3.63) is 58.7 Å². The molecule has 0 aliphatic rings. The number of rotatable bonds is 5. The predicted octanol–water partition coefficient (Wildman–Crippen LogP) is 5.07. The third-order valence-corrected chi connectivity index (χ3v) is 3.95. The molecule has 0 radical (unpaired) electrons. The highest BCUT2D eigenvalue weighted by Crippen LogP contribution is 2.31. The van der Waals surface area contributed by atoms with Crippen LogP contribution in [0, 0.1) is 0 Å². The van der Waals surface area contributed by atoms with Gasteiger partial charge in [0.2, 0.25) is 0 Å². The van der Waals surface area contributed by atoms with E-state index in [1.54, 1.807) is 18.2 Å². The summed E-state index contributed by atoms with van der Waals surface area (Å²) in [7, 11) is 1.53. The zero-order valence-electron chi connectivity index (χ0n) is 15.4. The second-order valence-electron chi connectivity index (χ2n) is 6.94. The molecule has 0 bridgehead atoms. The van der Waals surface area contributed by atoms with Crippen molar-refractivity contribution in [2.45, 2.75) is 26.2 Å². The molecule has 136 valence electrons. The van der Waals surface area contributed by atoms with E-state index < -0.39 is 6.09 Å². The van der Waals surface area contributed by atoms with Gasteiger partial charge in [0.25, 0.3) is 0 Å². The number of carbonyl (C=O) groups excluding carboxylic acids is 1. The molecule has 2 aromatic carbocycles. The monoisotopic (exact) mass is 353 g/mol. The predicted molar refractivity (Wildman–Crippen MR) is 104 cm³/mol. The third-order valence-electron chi connectivity index (χ3n) is 3.95. The molecule has 0 saturated heterocycles. The number of benzene rings is 2. The van der Waals surface area contributed by atoms with Crippen LogP contribution >= 0.6 is 0 Å². The van der Waals surface area contributed by atoms with Crippen molar-refractivity contribution in [2.24, 2.45) is 0 Å². The fourth-order valence-electron chi connectivity index (χ4n) is 2.63. The summed E-state index contributed by atoms with van der Waals surface area (Å²) in [5, 5.41) is 11.5. The largest absolute Gasteiger partial charge is 0.496 e. The molecular weight excluding hydrogens is 330 g/mol. The molecule has 5 nitrogen and oxygen atoms in total. The van der Waals surface area contributed by atoms with Crippen LogP contribution in [0.15, 0.2) is 36.4 Å².